The van der Waals surface area contributed by atoms with Crippen molar-refractivity contribution in [3.8, 4) is 23.8 Å². The van der Waals surface area contributed by atoms with E-state index in [4.69, 9.17) is 27.5 Å². The van der Waals surface area contributed by atoms with Crippen LogP contribution in [0.2, 0.25) is 5.02 Å². The van der Waals surface area contributed by atoms with Crippen molar-refractivity contribution in [1.29, 1.82) is 0 Å². The lowest BCUT2D eigenvalue weighted by Crippen LogP contribution is -2.20. The molecule has 0 heterocycles. The maximum absolute atomic E-state index is 11.9. The molecule has 0 aliphatic rings. The number of amides is 2. The minimum Gasteiger partial charge on any atom is -0.493 e. The van der Waals surface area contributed by atoms with Gasteiger partial charge in [-0.3, -0.25) is 9.59 Å². The van der Waals surface area contributed by atoms with Crippen molar-refractivity contribution >= 4 is 35.3 Å². The van der Waals surface area contributed by atoms with Crippen LogP contribution in [0, 0.1) is 12.3 Å². The van der Waals surface area contributed by atoms with Crippen LogP contribution < -0.4 is 20.2 Å². The summed E-state index contributed by atoms with van der Waals surface area (Å²) in [5, 5.41) is 7.07. The van der Waals surface area contributed by atoms with Crippen LogP contribution in [-0.4, -0.2) is 31.7 Å². The van der Waals surface area contributed by atoms with Gasteiger partial charge in [0.15, 0.2) is 11.5 Å². The molecular formula is C21H20ClN3O4. The Labute approximate surface area is 174 Å². The highest BCUT2D eigenvalue weighted by molar-refractivity contribution is 6.30. The SMILES string of the molecule is C#CCOc1ccc(C=NNC(=O)CCC(=O)Nc2cccc(Cl)c2)cc1OC. The molecule has 0 aliphatic heterocycles. The average molecular weight is 414 g/mol. The fourth-order valence-corrected chi connectivity index (χ4v) is 2.44. The van der Waals surface area contributed by atoms with Crippen molar-refractivity contribution in [3.05, 3.63) is 53.1 Å². The summed E-state index contributed by atoms with van der Waals surface area (Å²) in [6, 6.07) is 11.9. The minimum atomic E-state index is -0.386. The number of hydrogen-bond donors (Lipinski definition) is 2. The van der Waals surface area contributed by atoms with Crippen LogP contribution in [0.15, 0.2) is 47.6 Å². The number of terminal acetylenes is 1. The van der Waals surface area contributed by atoms with Gasteiger partial charge in [-0.25, -0.2) is 5.43 Å². The number of halogens is 1. The van der Waals surface area contributed by atoms with Crippen LogP contribution >= 0.6 is 11.6 Å². The Morgan fingerprint density at radius 3 is 2.69 bits per heavy atom. The van der Waals surface area contributed by atoms with Gasteiger partial charge >= 0.3 is 0 Å². The molecule has 2 rings (SSSR count). The zero-order valence-electron chi connectivity index (χ0n) is 15.8. The standard InChI is InChI=1S/C21H20ClN3O4/c1-3-11-29-18-8-7-15(12-19(18)28-2)14-23-25-21(27)10-9-20(26)24-17-6-4-5-16(22)13-17/h1,4-8,12-14H,9-11H2,2H3,(H,24,26)(H,25,27). The van der Waals surface area contributed by atoms with Crippen LogP contribution in [0.5, 0.6) is 11.5 Å². The smallest absolute Gasteiger partial charge is 0.240 e. The number of nitrogens with zero attached hydrogens (tertiary/aromatic N) is 1. The number of hydrazone groups is 1. The lowest BCUT2D eigenvalue weighted by Gasteiger charge is -2.09. The molecule has 2 N–H and O–H groups in total. The molecule has 0 spiro atoms. The molecule has 2 aromatic carbocycles. The zero-order chi connectivity index (χ0) is 21.1. The number of hydrogen-bond acceptors (Lipinski definition) is 5. The molecule has 0 saturated carbocycles. The molecule has 8 heteroatoms. The van der Waals surface area contributed by atoms with E-state index in [0.29, 0.717) is 27.8 Å². The van der Waals surface area contributed by atoms with Crippen molar-refractivity contribution < 1.29 is 19.1 Å². The van der Waals surface area contributed by atoms with Gasteiger partial charge in [-0.1, -0.05) is 23.6 Å². The Morgan fingerprint density at radius 2 is 1.97 bits per heavy atom. The topological polar surface area (TPSA) is 89.0 Å². The number of benzene rings is 2. The largest absolute Gasteiger partial charge is 0.493 e. The maximum atomic E-state index is 11.9. The summed E-state index contributed by atoms with van der Waals surface area (Å²) in [6.07, 6.45) is 6.64. The second-order valence-corrected chi connectivity index (χ2v) is 6.19. The van der Waals surface area contributed by atoms with Crippen LogP contribution in [0.25, 0.3) is 0 Å². The predicted molar refractivity (Wildman–Crippen MR) is 112 cm³/mol. The number of carbonyl (C=O) groups is 2. The van der Waals surface area contributed by atoms with E-state index in [2.05, 4.69) is 21.8 Å². The summed E-state index contributed by atoms with van der Waals surface area (Å²) in [4.78, 5) is 23.7. The maximum Gasteiger partial charge on any atom is 0.240 e. The van der Waals surface area contributed by atoms with Gasteiger partial charge < -0.3 is 14.8 Å². The molecule has 2 aromatic rings. The number of ether oxygens (including phenoxy) is 2. The van der Waals surface area contributed by atoms with Crippen molar-refractivity contribution in [1.82, 2.24) is 5.43 Å². The normalized spacial score (nSPS) is 10.2. The van der Waals surface area contributed by atoms with Crippen molar-refractivity contribution in [2.75, 3.05) is 19.0 Å². The first-order valence-corrected chi connectivity index (χ1v) is 9.01. The van der Waals surface area contributed by atoms with Gasteiger partial charge in [-0.05, 0) is 42.0 Å². The number of carbonyl (C=O) groups excluding carboxylic acids is 2. The highest BCUT2D eigenvalue weighted by Gasteiger charge is 2.07. The first kappa shape index (κ1) is 21.8. The molecule has 0 unspecified atom stereocenters. The molecule has 29 heavy (non-hydrogen) atoms. The highest BCUT2D eigenvalue weighted by Crippen LogP contribution is 2.27. The second kappa shape index (κ2) is 11.4. The average Bonchev–Trinajstić information content (AvgIpc) is 2.71. The molecule has 150 valence electrons. The highest BCUT2D eigenvalue weighted by atomic mass is 35.5. The van der Waals surface area contributed by atoms with Gasteiger partial charge in [-0.15, -0.1) is 6.42 Å². The third kappa shape index (κ3) is 7.56. The van der Waals surface area contributed by atoms with Crippen molar-refractivity contribution in [2.24, 2.45) is 5.10 Å². The monoisotopic (exact) mass is 413 g/mol. The summed E-state index contributed by atoms with van der Waals surface area (Å²) in [5.41, 5.74) is 3.64. The van der Waals surface area contributed by atoms with Gasteiger partial charge in [0.05, 0.1) is 13.3 Å². The van der Waals surface area contributed by atoms with Crippen LogP contribution in [0.1, 0.15) is 18.4 Å². The van der Waals surface area contributed by atoms with Gasteiger partial charge in [0.2, 0.25) is 11.8 Å². The Kier molecular flexibility index (Phi) is 8.54. The second-order valence-electron chi connectivity index (χ2n) is 5.75. The fourth-order valence-electron chi connectivity index (χ4n) is 2.25. The quantitative estimate of drug-likeness (QED) is 0.375. The third-order valence-corrected chi connectivity index (χ3v) is 3.82. The Hall–Kier alpha value is -3.50. The Morgan fingerprint density at radius 1 is 1.17 bits per heavy atom. The van der Waals surface area contributed by atoms with Gasteiger partial charge in [0, 0.05) is 23.6 Å². The predicted octanol–water partition coefficient (Wildman–Crippen LogP) is 3.23. The third-order valence-electron chi connectivity index (χ3n) is 3.59. The zero-order valence-corrected chi connectivity index (χ0v) is 16.5. The van der Waals surface area contributed by atoms with E-state index < -0.39 is 0 Å². The summed E-state index contributed by atoms with van der Waals surface area (Å²) >= 11 is 5.86. The van der Waals surface area contributed by atoms with Crippen LogP contribution in [0.4, 0.5) is 5.69 Å². The fraction of sp³-hybridized carbons (Fsp3) is 0.190. The van der Waals surface area contributed by atoms with E-state index in [9.17, 15) is 9.59 Å². The van der Waals surface area contributed by atoms with E-state index in [1.54, 1.807) is 42.5 Å². The number of nitrogens with one attached hydrogen (secondary N) is 2. The molecular weight excluding hydrogens is 394 g/mol. The molecule has 0 radical (unpaired) electrons. The molecule has 0 fully saturated rings. The Bertz CT molecular complexity index is 938. The molecule has 0 saturated heterocycles. The van der Waals surface area contributed by atoms with Crippen molar-refractivity contribution in [2.45, 2.75) is 12.8 Å². The molecule has 0 bridgehead atoms. The van der Waals surface area contributed by atoms with E-state index in [-0.39, 0.29) is 31.3 Å². The Balaban J connectivity index is 1.80. The summed E-state index contributed by atoms with van der Waals surface area (Å²) < 4.78 is 10.6. The molecule has 0 aliphatic carbocycles. The van der Waals surface area contributed by atoms with E-state index >= 15 is 0 Å². The van der Waals surface area contributed by atoms with E-state index in [1.807, 2.05) is 0 Å². The lowest BCUT2D eigenvalue weighted by atomic mass is 10.2. The van der Waals surface area contributed by atoms with Gasteiger partial charge in [-0.2, -0.15) is 5.10 Å². The lowest BCUT2D eigenvalue weighted by molar-refractivity contribution is -0.124. The van der Waals surface area contributed by atoms with Gasteiger partial charge in [0.1, 0.15) is 6.61 Å². The first-order chi connectivity index (χ1) is 14.0. The number of rotatable bonds is 9. The number of methoxy groups -OCH3 is 1. The van der Waals surface area contributed by atoms with E-state index in [0.717, 1.165) is 0 Å². The molecule has 0 aromatic heterocycles. The van der Waals surface area contributed by atoms with Crippen LogP contribution in [0.3, 0.4) is 0 Å². The molecule has 2 amide bonds. The summed E-state index contributed by atoms with van der Waals surface area (Å²) in [5.74, 6) is 2.71. The summed E-state index contributed by atoms with van der Waals surface area (Å²) in [6.45, 7) is 0.130. The number of anilines is 1. The first-order valence-electron chi connectivity index (χ1n) is 8.63. The van der Waals surface area contributed by atoms with Gasteiger partial charge in [0.25, 0.3) is 0 Å². The minimum absolute atomic E-state index is 0.00801. The molecule has 7 nitrogen and oxygen atoms in total. The summed E-state index contributed by atoms with van der Waals surface area (Å²) in [7, 11) is 1.51. The van der Waals surface area contributed by atoms with E-state index in [1.165, 1.54) is 13.3 Å². The van der Waals surface area contributed by atoms with Crippen LogP contribution in [-0.2, 0) is 9.59 Å². The molecule has 0 atom stereocenters. The van der Waals surface area contributed by atoms with Crippen molar-refractivity contribution in [3.63, 3.8) is 0 Å².